The molecule has 1 aromatic carbocycles. The second-order valence-electron chi connectivity index (χ2n) is 11.2. The number of hydrogen-bond acceptors (Lipinski definition) is 9. The summed E-state index contributed by atoms with van der Waals surface area (Å²) in [7, 11) is 1.72. The molecule has 0 radical (unpaired) electrons. The SMILES string of the molecule is [2H]c1ccc2c(N3C[C@H](CN4CC(c5cnc(N6C[C@@H](N)[C@H](OC)C6)cc5C)C4)O[C@H](C)C3)ccc(C#N)c2n1. The molecule has 6 rings (SSSR count). The van der Waals surface area contributed by atoms with Crippen molar-refractivity contribution in [3.63, 3.8) is 0 Å². The van der Waals surface area contributed by atoms with E-state index in [4.69, 9.17) is 21.6 Å². The molecule has 0 aliphatic carbocycles. The molecule has 5 heterocycles. The molecule has 0 bridgehead atoms. The molecular weight excluding hydrogens is 490 g/mol. The van der Waals surface area contributed by atoms with Crippen molar-refractivity contribution >= 4 is 22.4 Å². The summed E-state index contributed by atoms with van der Waals surface area (Å²) in [6, 6.07) is 11.8. The van der Waals surface area contributed by atoms with Gasteiger partial charge in [-0.1, -0.05) is 0 Å². The minimum absolute atomic E-state index is 0.0102. The van der Waals surface area contributed by atoms with Gasteiger partial charge in [-0.15, -0.1) is 0 Å². The van der Waals surface area contributed by atoms with Gasteiger partial charge in [-0.05, 0) is 55.3 Å². The van der Waals surface area contributed by atoms with Gasteiger partial charge in [0, 0.05) is 82.3 Å². The first-order valence-electron chi connectivity index (χ1n) is 14.3. The highest BCUT2D eigenvalue weighted by Crippen LogP contribution is 2.33. The zero-order valence-corrected chi connectivity index (χ0v) is 22.9. The van der Waals surface area contributed by atoms with Crippen LogP contribution in [0.15, 0.2) is 42.7 Å². The first-order valence-corrected chi connectivity index (χ1v) is 13.8. The molecule has 9 heteroatoms. The van der Waals surface area contributed by atoms with E-state index in [1.807, 2.05) is 24.4 Å². The van der Waals surface area contributed by atoms with E-state index in [0.29, 0.717) is 17.0 Å². The summed E-state index contributed by atoms with van der Waals surface area (Å²) in [4.78, 5) is 16.2. The van der Waals surface area contributed by atoms with Gasteiger partial charge in [0.05, 0.1) is 36.8 Å². The highest BCUT2D eigenvalue weighted by Gasteiger charge is 2.35. The lowest BCUT2D eigenvalue weighted by atomic mass is 9.89. The van der Waals surface area contributed by atoms with Gasteiger partial charge in [0.1, 0.15) is 11.9 Å². The Labute approximate surface area is 231 Å². The normalized spacial score (nSPS) is 26.5. The molecule has 0 saturated carbocycles. The first kappa shape index (κ1) is 24.7. The van der Waals surface area contributed by atoms with Crippen LogP contribution in [0.2, 0.25) is 0 Å². The third-order valence-corrected chi connectivity index (χ3v) is 8.41. The number of nitrogens with zero attached hydrogens (tertiary/aromatic N) is 6. The first-order chi connectivity index (χ1) is 19.3. The largest absolute Gasteiger partial charge is 0.378 e. The quantitative estimate of drug-likeness (QED) is 0.517. The maximum Gasteiger partial charge on any atom is 0.128 e. The second-order valence-corrected chi connectivity index (χ2v) is 11.2. The Morgan fingerprint density at radius 1 is 1.15 bits per heavy atom. The van der Waals surface area contributed by atoms with E-state index in [1.54, 1.807) is 13.2 Å². The topological polar surface area (TPSA) is 104 Å². The molecule has 3 aromatic rings. The molecule has 0 spiro atoms. The summed E-state index contributed by atoms with van der Waals surface area (Å²) >= 11 is 0. The van der Waals surface area contributed by atoms with Crippen molar-refractivity contribution in [1.29, 1.82) is 5.26 Å². The summed E-state index contributed by atoms with van der Waals surface area (Å²) in [6.45, 7) is 10.2. The van der Waals surface area contributed by atoms with Crippen molar-refractivity contribution in [1.82, 2.24) is 14.9 Å². The number of nitrogens with two attached hydrogens (primary N) is 1. The number of hydrogen-bond donors (Lipinski definition) is 1. The molecule has 204 valence electrons. The van der Waals surface area contributed by atoms with E-state index in [2.05, 4.69) is 45.7 Å². The van der Waals surface area contributed by atoms with Crippen molar-refractivity contribution in [3.05, 3.63) is 59.4 Å². The van der Waals surface area contributed by atoms with Crippen LogP contribution in [0.4, 0.5) is 11.5 Å². The molecule has 4 atom stereocenters. The van der Waals surface area contributed by atoms with Crippen molar-refractivity contribution in [3.8, 4) is 6.07 Å². The van der Waals surface area contributed by atoms with Gasteiger partial charge in [-0.3, -0.25) is 9.88 Å². The fourth-order valence-electron chi connectivity index (χ4n) is 6.40. The summed E-state index contributed by atoms with van der Waals surface area (Å²) in [5.41, 5.74) is 10.9. The Morgan fingerprint density at radius 3 is 2.74 bits per heavy atom. The minimum atomic E-state index is 0.0102. The second kappa shape index (κ2) is 10.7. The van der Waals surface area contributed by atoms with E-state index in [9.17, 15) is 5.26 Å². The molecule has 3 aliphatic heterocycles. The van der Waals surface area contributed by atoms with Gasteiger partial charge in [0.15, 0.2) is 0 Å². The number of methoxy groups -OCH3 is 1. The van der Waals surface area contributed by atoms with E-state index < -0.39 is 0 Å². The number of morpholine rings is 1. The predicted molar refractivity (Wildman–Crippen MR) is 152 cm³/mol. The monoisotopic (exact) mass is 528 g/mol. The fourth-order valence-corrected chi connectivity index (χ4v) is 6.40. The smallest absolute Gasteiger partial charge is 0.128 e. The maximum atomic E-state index is 9.55. The van der Waals surface area contributed by atoms with Crippen molar-refractivity contribution < 1.29 is 10.8 Å². The van der Waals surface area contributed by atoms with Crippen LogP contribution >= 0.6 is 0 Å². The van der Waals surface area contributed by atoms with Gasteiger partial charge in [0.2, 0.25) is 0 Å². The summed E-state index contributed by atoms with van der Waals surface area (Å²) in [6.07, 6.45) is 2.42. The van der Waals surface area contributed by atoms with E-state index in [-0.39, 0.29) is 30.5 Å². The number of ether oxygens (including phenoxy) is 2. The molecule has 0 unspecified atom stereocenters. The number of aromatic nitrogens is 2. The Kier molecular flexibility index (Phi) is 6.79. The Bertz CT molecular complexity index is 1440. The molecule has 2 aromatic heterocycles. The Balaban J connectivity index is 1.09. The van der Waals surface area contributed by atoms with E-state index in [1.165, 1.54) is 11.1 Å². The molecule has 2 N–H and O–H groups in total. The third-order valence-electron chi connectivity index (χ3n) is 8.41. The van der Waals surface area contributed by atoms with Crippen LogP contribution in [0.25, 0.3) is 10.9 Å². The number of benzene rings is 1. The number of rotatable bonds is 6. The molecule has 3 saturated heterocycles. The summed E-state index contributed by atoms with van der Waals surface area (Å²) in [5, 5.41) is 10.5. The average Bonchev–Trinajstić information content (AvgIpc) is 3.30. The Morgan fingerprint density at radius 2 is 2.00 bits per heavy atom. The average molecular weight is 529 g/mol. The Hall–Kier alpha value is -3.29. The zero-order valence-electron chi connectivity index (χ0n) is 23.9. The van der Waals surface area contributed by atoms with Crippen molar-refractivity contribution in [2.24, 2.45) is 5.73 Å². The van der Waals surface area contributed by atoms with Crippen LogP contribution in [0, 0.1) is 18.3 Å². The lowest BCUT2D eigenvalue weighted by Gasteiger charge is -2.45. The molecule has 9 nitrogen and oxygen atoms in total. The van der Waals surface area contributed by atoms with Gasteiger partial charge < -0.3 is 25.0 Å². The zero-order chi connectivity index (χ0) is 28.0. The molecule has 3 aliphatic rings. The summed E-state index contributed by atoms with van der Waals surface area (Å²) < 4.78 is 19.8. The lowest BCUT2D eigenvalue weighted by molar-refractivity contribution is -0.0435. The van der Waals surface area contributed by atoms with Crippen LogP contribution in [-0.4, -0.2) is 92.1 Å². The minimum Gasteiger partial charge on any atom is -0.378 e. The molecular formula is C30H37N7O2. The number of likely N-dealkylation sites (tertiary alicyclic amines) is 1. The predicted octanol–water partition coefficient (Wildman–Crippen LogP) is 2.67. The highest BCUT2D eigenvalue weighted by atomic mass is 16.5. The number of anilines is 2. The van der Waals surface area contributed by atoms with Crippen LogP contribution < -0.4 is 15.5 Å². The van der Waals surface area contributed by atoms with Gasteiger partial charge in [-0.2, -0.15) is 5.26 Å². The van der Waals surface area contributed by atoms with Gasteiger partial charge in [0.25, 0.3) is 0 Å². The maximum absolute atomic E-state index is 9.55. The number of fused-ring (bicyclic) bond motifs is 1. The number of pyridine rings is 2. The number of aryl methyl sites for hydroxylation is 1. The molecule has 3 fully saturated rings. The van der Waals surface area contributed by atoms with Gasteiger partial charge >= 0.3 is 0 Å². The van der Waals surface area contributed by atoms with Gasteiger partial charge in [-0.25, -0.2) is 4.98 Å². The van der Waals surface area contributed by atoms with Crippen molar-refractivity contribution in [2.75, 3.05) is 62.7 Å². The van der Waals surface area contributed by atoms with Crippen molar-refractivity contribution in [2.45, 2.75) is 44.1 Å². The highest BCUT2D eigenvalue weighted by molar-refractivity contribution is 5.95. The van der Waals surface area contributed by atoms with E-state index >= 15 is 0 Å². The molecule has 0 amide bonds. The van der Waals surface area contributed by atoms with Crippen LogP contribution in [-0.2, 0) is 9.47 Å². The van der Waals surface area contributed by atoms with Crippen LogP contribution in [0.3, 0.4) is 0 Å². The standard InChI is InChI=1S/C30H37N7O2/c1-19-9-29(37-17-26(32)28(18-37)38-3)34-11-25(19)22-13-35(14-22)15-23-16-36(12-20(2)39-23)27-7-6-21(10-31)30-24(27)5-4-8-33-30/h4-9,11,20,22-23,26,28H,12-18,32H2,1-3H3/t20-,23+,26-,28-/m1/s1/i8D. The van der Waals surface area contributed by atoms with E-state index in [0.717, 1.165) is 62.7 Å². The number of nitriles is 1. The fraction of sp³-hybridized carbons (Fsp3) is 0.500. The molecule has 39 heavy (non-hydrogen) atoms. The van der Waals surface area contributed by atoms with Crippen LogP contribution in [0.1, 0.15) is 30.9 Å². The summed E-state index contributed by atoms with van der Waals surface area (Å²) in [5.74, 6) is 1.44. The lowest BCUT2D eigenvalue weighted by Crippen LogP contribution is -2.55. The van der Waals surface area contributed by atoms with Crippen LogP contribution in [0.5, 0.6) is 0 Å². The third kappa shape index (κ3) is 5.06.